The van der Waals surface area contributed by atoms with Crippen LogP contribution in [0.1, 0.15) is 28.8 Å². The number of benzene rings is 2. The van der Waals surface area contributed by atoms with Crippen LogP contribution in [0, 0.1) is 23.1 Å². The predicted octanol–water partition coefficient (Wildman–Crippen LogP) is 2.60. The second-order valence-electron chi connectivity index (χ2n) is 6.36. The van der Waals surface area contributed by atoms with E-state index < -0.39 is 5.82 Å². The number of ether oxygens (including phenoxy) is 1. The van der Waals surface area contributed by atoms with E-state index in [2.05, 4.69) is 11.0 Å². The van der Waals surface area contributed by atoms with Crippen LogP contribution in [0.5, 0.6) is 5.75 Å². The largest absolute Gasteiger partial charge is 0.495 e. The summed E-state index contributed by atoms with van der Waals surface area (Å²) in [6.07, 6.45) is 1.38. The maximum absolute atomic E-state index is 13.6. The molecule has 1 saturated heterocycles. The smallest absolute Gasteiger partial charge is 0.166 e. The number of Topliss-reactive ketones (excluding diaryl/α,β-unsaturated/α-hetero) is 1. The number of nitrogens with zero attached hydrogens (tertiary/aromatic N) is 2. The van der Waals surface area contributed by atoms with Gasteiger partial charge in [-0.2, -0.15) is 5.26 Å². The topological polar surface area (TPSA) is 53.3 Å². The van der Waals surface area contributed by atoms with E-state index in [0.717, 1.165) is 5.69 Å². The Bertz CT molecular complexity index is 871. The summed E-state index contributed by atoms with van der Waals surface area (Å²) in [5.41, 5.74) is 1.87. The molecule has 0 atom stereocenters. The molecule has 2 aromatic carbocycles. The van der Waals surface area contributed by atoms with Gasteiger partial charge in [-0.1, -0.05) is 17.6 Å². The van der Waals surface area contributed by atoms with E-state index in [-0.39, 0.29) is 17.2 Å². The van der Waals surface area contributed by atoms with Crippen LogP contribution in [0.2, 0.25) is 0 Å². The molecule has 4 nitrogen and oxygen atoms in total. The van der Waals surface area contributed by atoms with Gasteiger partial charge in [0.2, 0.25) is 0 Å². The molecule has 1 aliphatic rings. The second-order valence-corrected chi connectivity index (χ2v) is 6.36. The fraction of sp³-hybridized carbons (Fsp3) is 0.300. The summed E-state index contributed by atoms with van der Waals surface area (Å²) in [4.78, 5) is 14.8. The first-order valence-electron chi connectivity index (χ1n) is 8.46. The van der Waals surface area contributed by atoms with Gasteiger partial charge in [-0.3, -0.25) is 4.79 Å². The van der Waals surface area contributed by atoms with Gasteiger partial charge in [0.15, 0.2) is 5.78 Å². The van der Waals surface area contributed by atoms with Crippen molar-refractivity contribution in [2.75, 3.05) is 25.1 Å². The Labute approximate surface area is 153 Å². The number of hydrogen-bond donors (Lipinski definition) is 0. The standard InChI is InChI=1S/C20H18BFN2O2/c1-26-19-11-16(4-2-15(19)12-23)24-8-6-13(7-9-24)20(25)14-3-5-17(21)18(22)10-14/h2-5,10-11,13H,6-9H2,1H3. The lowest BCUT2D eigenvalue weighted by Gasteiger charge is -2.33. The zero-order valence-electron chi connectivity index (χ0n) is 14.5. The molecule has 0 aliphatic carbocycles. The number of anilines is 1. The quantitative estimate of drug-likeness (QED) is 0.630. The Morgan fingerprint density at radius 2 is 2.00 bits per heavy atom. The number of hydrogen-bond acceptors (Lipinski definition) is 4. The van der Waals surface area contributed by atoms with E-state index in [9.17, 15) is 9.18 Å². The van der Waals surface area contributed by atoms with Crippen LogP contribution < -0.4 is 15.1 Å². The monoisotopic (exact) mass is 348 g/mol. The molecule has 2 aromatic rings. The molecule has 1 aliphatic heterocycles. The number of piperidine rings is 1. The van der Waals surface area contributed by atoms with Gasteiger partial charge in [-0.25, -0.2) is 4.39 Å². The summed E-state index contributed by atoms with van der Waals surface area (Å²) in [5, 5.41) is 9.08. The van der Waals surface area contributed by atoms with Gasteiger partial charge in [0.25, 0.3) is 0 Å². The fourth-order valence-corrected chi connectivity index (χ4v) is 3.28. The Kier molecular flexibility index (Phi) is 5.27. The summed E-state index contributed by atoms with van der Waals surface area (Å²) in [5.74, 6) is -0.186. The average molecular weight is 348 g/mol. The molecule has 3 rings (SSSR count). The zero-order chi connectivity index (χ0) is 18.7. The SMILES string of the molecule is [B]c1ccc(C(=O)C2CCN(c3ccc(C#N)c(OC)c3)CC2)cc1F. The van der Waals surface area contributed by atoms with E-state index in [1.807, 2.05) is 12.1 Å². The van der Waals surface area contributed by atoms with Gasteiger partial charge in [0.05, 0.1) is 12.7 Å². The number of halogens is 1. The number of carbonyl (C=O) groups excluding carboxylic acids is 1. The third-order valence-electron chi connectivity index (χ3n) is 4.82. The van der Waals surface area contributed by atoms with Gasteiger partial charge < -0.3 is 9.64 Å². The summed E-state index contributed by atoms with van der Waals surface area (Å²) < 4.78 is 18.9. The third-order valence-corrected chi connectivity index (χ3v) is 4.82. The van der Waals surface area contributed by atoms with E-state index in [4.69, 9.17) is 17.8 Å². The van der Waals surface area contributed by atoms with Crippen molar-refractivity contribution in [1.82, 2.24) is 0 Å². The van der Waals surface area contributed by atoms with Crippen LogP contribution in [-0.2, 0) is 0 Å². The van der Waals surface area contributed by atoms with E-state index in [1.54, 1.807) is 12.1 Å². The lowest BCUT2D eigenvalue weighted by atomic mass is 9.86. The Balaban J connectivity index is 1.68. The van der Waals surface area contributed by atoms with Crippen LogP contribution in [0.15, 0.2) is 36.4 Å². The third kappa shape index (κ3) is 3.57. The van der Waals surface area contributed by atoms with E-state index >= 15 is 0 Å². The van der Waals surface area contributed by atoms with Crippen molar-refractivity contribution in [3.63, 3.8) is 0 Å². The minimum Gasteiger partial charge on any atom is -0.495 e. The van der Waals surface area contributed by atoms with E-state index in [1.165, 1.54) is 19.2 Å². The Morgan fingerprint density at radius 1 is 1.27 bits per heavy atom. The highest BCUT2D eigenvalue weighted by molar-refractivity contribution is 6.32. The fourth-order valence-electron chi connectivity index (χ4n) is 3.28. The number of methoxy groups -OCH3 is 1. The molecule has 0 unspecified atom stereocenters. The highest BCUT2D eigenvalue weighted by Gasteiger charge is 2.26. The van der Waals surface area contributed by atoms with Crippen molar-refractivity contribution in [1.29, 1.82) is 5.26 Å². The maximum atomic E-state index is 13.6. The molecule has 0 saturated carbocycles. The lowest BCUT2D eigenvalue weighted by molar-refractivity contribution is 0.0900. The Hall–Kier alpha value is -2.81. The van der Waals surface area contributed by atoms with Crippen molar-refractivity contribution in [2.24, 2.45) is 5.92 Å². The zero-order valence-corrected chi connectivity index (χ0v) is 14.5. The average Bonchev–Trinajstić information content (AvgIpc) is 2.69. The first-order valence-corrected chi connectivity index (χ1v) is 8.46. The van der Waals surface area contributed by atoms with Crippen LogP contribution >= 0.6 is 0 Å². The molecule has 1 fully saturated rings. The highest BCUT2D eigenvalue weighted by Crippen LogP contribution is 2.29. The molecule has 0 N–H and O–H groups in total. The van der Waals surface area contributed by atoms with Gasteiger partial charge in [-0.15, -0.1) is 0 Å². The van der Waals surface area contributed by atoms with Crippen LogP contribution in [0.25, 0.3) is 0 Å². The molecule has 0 bridgehead atoms. The number of rotatable bonds is 4. The molecular formula is C20H18BFN2O2. The van der Waals surface area contributed by atoms with Gasteiger partial charge in [0, 0.05) is 36.3 Å². The van der Waals surface area contributed by atoms with Crippen molar-refractivity contribution < 1.29 is 13.9 Å². The molecule has 1 heterocycles. The van der Waals surface area contributed by atoms with Crippen LogP contribution in [0.4, 0.5) is 10.1 Å². The summed E-state index contributed by atoms with van der Waals surface area (Å²) in [7, 11) is 7.01. The van der Waals surface area contributed by atoms with Gasteiger partial charge in [0.1, 0.15) is 25.5 Å². The molecule has 2 radical (unpaired) electrons. The maximum Gasteiger partial charge on any atom is 0.166 e. The molecule has 0 spiro atoms. The number of carbonyl (C=O) groups is 1. The first kappa shape index (κ1) is 18.0. The molecule has 26 heavy (non-hydrogen) atoms. The second kappa shape index (κ2) is 7.61. The normalized spacial score (nSPS) is 14.7. The van der Waals surface area contributed by atoms with Crippen molar-refractivity contribution >= 4 is 24.8 Å². The van der Waals surface area contributed by atoms with E-state index in [0.29, 0.717) is 42.8 Å². The van der Waals surface area contributed by atoms with Crippen LogP contribution in [-0.4, -0.2) is 33.8 Å². The molecular weight excluding hydrogens is 330 g/mol. The minimum absolute atomic E-state index is 0.0408. The van der Waals surface area contributed by atoms with Gasteiger partial charge in [-0.05, 0) is 31.0 Å². The summed E-state index contributed by atoms with van der Waals surface area (Å²) >= 11 is 0. The molecule has 130 valence electrons. The number of ketones is 1. The van der Waals surface area contributed by atoms with Crippen molar-refractivity contribution in [3.05, 3.63) is 53.3 Å². The summed E-state index contributed by atoms with van der Waals surface area (Å²) in [6.45, 7) is 1.42. The summed E-state index contributed by atoms with van der Waals surface area (Å²) in [6, 6.07) is 11.8. The van der Waals surface area contributed by atoms with Crippen molar-refractivity contribution in [3.8, 4) is 11.8 Å². The van der Waals surface area contributed by atoms with Crippen molar-refractivity contribution in [2.45, 2.75) is 12.8 Å². The lowest BCUT2D eigenvalue weighted by Crippen LogP contribution is -2.36. The first-order chi connectivity index (χ1) is 12.5. The Morgan fingerprint density at radius 3 is 2.62 bits per heavy atom. The number of nitriles is 1. The van der Waals surface area contributed by atoms with Gasteiger partial charge >= 0.3 is 0 Å². The highest BCUT2D eigenvalue weighted by atomic mass is 19.1. The predicted molar refractivity (Wildman–Crippen MR) is 98.8 cm³/mol. The molecule has 0 amide bonds. The molecule has 0 aromatic heterocycles. The van der Waals surface area contributed by atoms with Crippen LogP contribution in [0.3, 0.4) is 0 Å². The minimum atomic E-state index is -0.557. The molecule has 6 heteroatoms.